The number of hydrogen-bond acceptors (Lipinski definition) is 4. The molecule has 2 amide bonds. The molecule has 1 aliphatic heterocycles. The molecule has 0 radical (unpaired) electrons. The summed E-state index contributed by atoms with van der Waals surface area (Å²) in [5.74, 6) is -0.425. The Kier molecular flexibility index (Phi) is 6.01. The first kappa shape index (κ1) is 17.7. The number of nitrogens with one attached hydrogen (secondary N) is 1. The number of nitrogens with zero attached hydrogens (tertiary/aromatic N) is 3. The van der Waals surface area contributed by atoms with E-state index in [4.69, 9.17) is 17.3 Å². The largest absolute Gasteiger partial charge is 0.369 e. The van der Waals surface area contributed by atoms with Gasteiger partial charge in [0.15, 0.2) is 0 Å². The quantitative estimate of drug-likeness (QED) is 0.786. The Morgan fingerprint density at radius 2 is 2.17 bits per heavy atom. The molecule has 0 aromatic carbocycles. The van der Waals surface area contributed by atoms with Crippen LogP contribution in [0.5, 0.6) is 0 Å². The van der Waals surface area contributed by atoms with Crippen molar-refractivity contribution in [3.8, 4) is 0 Å². The van der Waals surface area contributed by atoms with Gasteiger partial charge < -0.3 is 11.1 Å². The van der Waals surface area contributed by atoms with Crippen molar-refractivity contribution in [3.63, 3.8) is 0 Å². The molecule has 0 aliphatic carbocycles. The second kappa shape index (κ2) is 7.79. The van der Waals surface area contributed by atoms with E-state index in [0.29, 0.717) is 24.7 Å². The normalized spacial score (nSPS) is 18.8. The third-order valence-corrected chi connectivity index (χ3v) is 4.72. The number of aromatic nitrogens is 2. The number of piperidine rings is 1. The Hall–Kier alpha value is -1.60. The zero-order valence-corrected chi connectivity index (χ0v) is 14.4. The molecule has 2 heterocycles. The maximum absolute atomic E-state index is 12.3. The van der Waals surface area contributed by atoms with Gasteiger partial charge in [-0.1, -0.05) is 11.6 Å². The van der Waals surface area contributed by atoms with Gasteiger partial charge in [-0.25, -0.2) is 0 Å². The lowest BCUT2D eigenvalue weighted by atomic mass is 9.97. The Morgan fingerprint density at radius 3 is 2.78 bits per heavy atom. The molecule has 0 spiro atoms. The van der Waals surface area contributed by atoms with E-state index in [1.54, 1.807) is 4.68 Å². The maximum atomic E-state index is 12.3. The zero-order chi connectivity index (χ0) is 17.0. The molecule has 2 rings (SSSR count). The summed E-state index contributed by atoms with van der Waals surface area (Å²) in [5, 5.41) is 7.95. The summed E-state index contributed by atoms with van der Waals surface area (Å²) in [6.07, 6.45) is 1.74. The lowest BCUT2D eigenvalue weighted by Crippen LogP contribution is -2.46. The maximum Gasteiger partial charge on any atom is 0.231 e. The van der Waals surface area contributed by atoms with Gasteiger partial charge in [0.1, 0.15) is 0 Å². The fraction of sp³-hybridized carbons (Fsp3) is 0.667. The van der Waals surface area contributed by atoms with Crippen LogP contribution in [0.2, 0.25) is 5.02 Å². The molecule has 0 saturated carbocycles. The highest BCUT2D eigenvalue weighted by atomic mass is 35.5. The molecule has 1 saturated heterocycles. The first-order valence-corrected chi connectivity index (χ1v) is 8.24. The van der Waals surface area contributed by atoms with E-state index in [1.165, 1.54) is 0 Å². The van der Waals surface area contributed by atoms with Crippen LogP contribution in [0.1, 0.15) is 24.2 Å². The number of halogens is 1. The molecular formula is C15H24ClN5O2. The lowest BCUT2D eigenvalue weighted by Gasteiger charge is -2.30. The summed E-state index contributed by atoms with van der Waals surface area (Å²) in [4.78, 5) is 25.2. The van der Waals surface area contributed by atoms with Gasteiger partial charge in [0.2, 0.25) is 11.8 Å². The first-order chi connectivity index (χ1) is 10.9. The number of carbonyl (C=O) groups is 2. The van der Waals surface area contributed by atoms with Crippen LogP contribution in [0.4, 0.5) is 0 Å². The van der Waals surface area contributed by atoms with Gasteiger partial charge in [-0.05, 0) is 33.2 Å². The minimum atomic E-state index is -0.354. The fourth-order valence-corrected chi connectivity index (χ4v) is 3.09. The van der Waals surface area contributed by atoms with Crippen molar-refractivity contribution in [2.45, 2.75) is 33.2 Å². The van der Waals surface area contributed by atoms with Crippen LogP contribution < -0.4 is 11.1 Å². The van der Waals surface area contributed by atoms with Gasteiger partial charge >= 0.3 is 0 Å². The average Bonchev–Trinajstić information content (AvgIpc) is 2.74. The van der Waals surface area contributed by atoms with Gasteiger partial charge in [0.25, 0.3) is 0 Å². The molecule has 3 N–H and O–H groups in total. The van der Waals surface area contributed by atoms with Crippen LogP contribution in [0.15, 0.2) is 0 Å². The van der Waals surface area contributed by atoms with Crippen LogP contribution in [0, 0.1) is 19.8 Å². The standard InChI is InChI=1S/C15H24ClN5O2/c1-10-14(16)11(2)21(19-10)7-5-18-15(23)12-4-3-6-20(8-12)9-13(17)22/h12H,3-9H2,1-2H3,(H2,17,22)(H,18,23). The molecule has 1 aliphatic rings. The number of carbonyl (C=O) groups excluding carboxylic acids is 2. The second-order valence-corrected chi connectivity index (χ2v) is 6.42. The van der Waals surface area contributed by atoms with Crippen molar-refractivity contribution in [1.29, 1.82) is 0 Å². The average molecular weight is 342 g/mol. The van der Waals surface area contributed by atoms with Crippen LogP contribution in [0.25, 0.3) is 0 Å². The minimum Gasteiger partial charge on any atom is -0.369 e. The van der Waals surface area contributed by atoms with E-state index in [9.17, 15) is 9.59 Å². The Bertz CT molecular complexity index is 587. The first-order valence-electron chi connectivity index (χ1n) is 7.86. The van der Waals surface area contributed by atoms with E-state index < -0.39 is 0 Å². The molecule has 1 aromatic heterocycles. The van der Waals surface area contributed by atoms with Crippen LogP contribution in [-0.4, -0.2) is 52.7 Å². The molecule has 1 atom stereocenters. The van der Waals surface area contributed by atoms with Crippen molar-refractivity contribution in [2.24, 2.45) is 11.7 Å². The third kappa shape index (κ3) is 4.68. The van der Waals surface area contributed by atoms with Crippen molar-refractivity contribution < 1.29 is 9.59 Å². The summed E-state index contributed by atoms with van der Waals surface area (Å²) >= 11 is 6.11. The predicted octanol–water partition coefficient (Wildman–Crippen LogP) is 0.467. The summed E-state index contributed by atoms with van der Waals surface area (Å²) in [7, 11) is 0. The molecule has 128 valence electrons. The molecule has 7 nitrogen and oxygen atoms in total. The van der Waals surface area contributed by atoms with Crippen molar-refractivity contribution in [3.05, 3.63) is 16.4 Å². The monoisotopic (exact) mass is 341 g/mol. The third-order valence-electron chi connectivity index (χ3n) is 4.17. The summed E-state index contributed by atoms with van der Waals surface area (Å²) in [6, 6.07) is 0. The van der Waals surface area contributed by atoms with E-state index in [2.05, 4.69) is 10.4 Å². The summed E-state index contributed by atoms with van der Waals surface area (Å²) < 4.78 is 1.80. The topological polar surface area (TPSA) is 93.2 Å². The van der Waals surface area contributed by atoms with Gasteiger partial charge in [0, 0.05) is 13.1 Å². The minimum absolute atomic E-state index is 0.0202. The zero-order valence-electron chi connectivity index (χ0n) is 13.6. The van der Waals surface area contributed by atoms with Gasteiger partial charge in [-0.2, -0.15) is 5.10 Å². The lowest BCUT2D eigenvalue weighted by molar-refractivity contribution is -0.128. The van der Waals surface area contributed by atoms with E-state index in [-0.39, 0.29) is 24.3 Å². The summed E-state index contributed by atoms with van der Waals surface area (Å²) in [5.41, 5.74) is 6.92. The van der Waals surface area contributed by atoms with Crippen LogP contribution in [-0.2, 0) is 16.1 Å². The van der Waals surface area contributed by atoms with Crippen LogP contribution in [0.3, 0.4) is 0 Å². The molecule has 1 fully saturated rings. The highest BCUT2D eigenvalue weighted by molar-refractivity contribution is 6.31. The molecule has 1 unspecified atom stereocenters. The predicted molar refractivity (Wildman–Crippen MR) is 88.1 cm³/mol. The number of nitrogens with two attached hydrogens (primary N) is 1. The molecule has 0 bridgehead atoms. The Morgan fingerprint density at radius 1 is 1.43 bits per heavy atom. The molecular weight excluding hydrogens is 318 g/mol. The van der Waals surface area contributed by atoms with Gasteiger partial charge in [-0.15, -0.1) is 0 Å². The number of hydrogen-bond donors (Lipinski definition) is 2. The van der Waals surface area contributed by atoms with Crippen molar-refractivity contribution in [1.82, 2.24) is 20.0 Å². The van der Waals surface area contributed by atoms with E-state index in [1.807, 2.05) is 18.7 Å². The van der Waals surface area contributed by atoms with E-state index >= 15 is 0 Å². The smallest absolute Gasteiger partial charge is 0.231 e. The number of amides is 2. The highest BCUT2D eigenvalue weighted by Crippen LogP contribution is 2.19. The SMILES string of the molecule is Cc1nn(CCNC(=O)C2CCCN(CC(N)=O)C2)c(C)c1Cl. The highest BCUT2D eigenvalue weighted by Gasteiger charge is 2.26. The van der Waals surface area contributed by atoms with Crippen molar-refractivity contribution >= 4 is 23.4 Å². The Balaban J connectivity index is 1.80. The number of likely N-dealkylation sites (tertiary alicyclic amines) is 1. The molecule has 1 aromatic rings. The Labute approximate surface area is 141 Å². The van der Waals surface area contributed by atoms with Crippen LogP contribution >= 0.6 is 11.6 Å². The number of primary amides is 1. The van der Waals surface area contributed by atoms with Gasteiger partial charge in [-0.3, -0.25) is 19.2 Å². The fourth-order valence-electron chi connectivity index (χ4n) is 2.96. The second-order valence-electron chi connectivity index (χ2n) is 6.04. The number of aryl methyl sites for hydroxylation is 1. The van der Waals surface area contributed by atoms with Crippen molar-refractivity contribution in [2.75, 3.05) is 26.2 Å². The number of rotatable bonds is 6. The summed E-state index contributed by atoms with van der Waals surface area (Å²) in [6.45, 7) is 6.48. The molecule has 8 heteroatoms. The van der Waals surface area contributed by atoms with Gasteiger partial charge in [0.05, 0.1) is 35.4 Å². The molecule has 23 heavy (non-hydrogen) atoms. The van der Waals surface area contributed by atoms with E-state index in [0.717, 1.165) is 30.8 Å².